The molecule has 1 saturated heterocycles. The molecular formula is C17H18N4O5. The number of benzene rings is 1. The Morgan fingerprint density at radius 1 is 0.962 bits per heavy atom. The summed E-state index contributed by atoms with van der Waals surface area (Å²) < 4.78 is 10.6. The van der Waals surface area contributed by atoms with Gasteiger partial charge in [0.15, 0.2) is 11.5 Å². The highest BCUT2D eigenvalue weighted by molar-refractivity contribution is 6.39. The summed E-state index contributed by atoms with van der Waals surface area (Å²) in [5.41, 5.74) is 3.23. The quantitative estimate of drug-likeness (QED) is 0.800. The monoisotopic (exact) mass is 358 g/mol. The van der Waals surface area contributed by atoms with Crippen molar-refractivity contribution in [3.05, 3.63) is 23.8 Å². The molecule has 26 heavy (non-hydrogen) atoms. The van der Waals surface area contributed by atoms with Crippen molar-refractivity contribution in [1.82, 2.24) is 15.2 Å². The predicted octanol–water partition coefficient (Wildman–Crippen LogP) is -0.0343. The van der Waals surface area contributed by atoms with Gasteiger partial charge in [0.25, 0.3) is 11.8 Å². The number of carbonyl (C=O) groups excluding carboxylic acids is 3. The van der Waals surface area contributed by atoms with Crippen LogP contribution in [0.15, 0.2) is 23.3 Å². The molecule has 3 aliphatic heterocycles. The van der Waals surface area contributed by atoms with E-state index in [4.69, 9.17) is 9.47 Å². The van der Waals surface area contributed by atoms with Crippen molar-refractivity contribution in [1.29, 1.82) is 0 Å². The van der Waals surface area contributed by atoms with Gasteiger partial charge in [0.1, 0.15) is 5.71 Å². The highest BCUT2D eigenvalue weighted by Gasteiger charge is 2.29. The van der Waals surface area contributed by atoms with Gasteiger partial charge < -0.3 is 19.3 Å². The van der Waals surface area contributed by atoms with Crippen LogP contribution in [0.4, 0.5) is 0 Å². The molecule has 3 heterocycles. The molecule has 0 atom stereocenters. The van der Waals surface area contributed by atoms with Crippen LogP contribution in [-0.2, 0) is 9.59 Å². The largest absolute Gasteiger partial charge is 0.454 e. The van der Waals surface area contributed by atoms with E-state index in [1.165, 1.54) is 0 Å². The Bertz CT molecular complexity index is 798. The Hall–Kier alpha value is -3.10. The van der Waals surface area contributed by atoms with E-state index in [0.29, 0.717) is 55.4 Å². The maximum atomic E-state index is 12.7. The summed E-state index contributed by atoms with van der Waals surface area (Å²) in [7, 11) is 0. The first-order valence-corrected chi connectivity index (χ1v) is 8.45. The zero-order chi connectivity index (χ0) is 18.1. The van der Waals surface area contributed by atoms with Gasteiger partial charge in [0.2, 0.25) is 12.7 Å². The molecule has 0 spiro atoms. The van der Waals surface area contributed by atoms with Crippen LogP contribution in [0.25, 0.3) is 0 Å². The highest BCUT2D eigenvalue weighted by Crippen LogP contribution is 2.32. The van der Waals surface area contributed by atoms with E-state index in [0.717, 1.165) is 0 Å². The molecule has 0 bridgehead atoms. The van der Waals surface area contributed by atoms with E-state index in [-0.39, 0.29) is 30.9 Å². The molecule has 1 aromatic carbocycles. The maximum Gasteiger partial charge on any atom is 0.270 e. The van der Waals surface area contributed by atoms with Crippen LogP contribution in [0.1, 0.15) is 23.2 Å². The lowest BCUT2D eigenvalue weighted by atomic mass is 10.1. The lowest BCUT2D eigenvalue weighted by molar-refractivity contribution is -0.126. The fraction of sp³-hybridized carbons (Fsp3) is 0.412. The summed E-state index contributed by atoms with van der Waals surface area (Å²) in [5, 5.41) is 3.84. The Labute approximate surface area is 149 Å². The van der Waals surface area contributed by atoms with Gasteiger partial charge in [-0.1, -0.05) is 0 Å². The van der Waals surface area contributed by atoms with Gasteiger partial charge in [-0.2, -0.15) is 5.10 Å². The van der Waals surface area contributed by atoms with Crippen LogP contribution < -0.4 is 14.9 Å². The Morgan fingerprint density at radius 2 is 1.65 bits per heavy atom. The summed E-state index contributed by atoms with van der Waals surface area (Å²) >= 11 is 0. The zero-order valence-electron chi connectivity index (χ0n) is 14.1. The number of ether oxygens (including phenoxy) is 2. The number of amides is 3. The van der Waals surface area contributed by atoms with Crippen molar-refractivity contribution in [3.63, 3.8) is 0 Å². The SMILES string of the molecule is O=C1CCC(C(=O)N2CCN(C(=O)c3ccc4c(c3)OCO4)CC2)=NN1. The number of nitrogens with zero attached hydrogens (tertiary/aromatic N) is 3. The smallest absolute Gasteiger partial charge is 0.270 e. The summed E-state index contributed by atoms with van der Waals surface area (Å²) in [6.45, 7) is 1.92. The molecule has 136 valence electrons. The first-order valence-electron chi connectivity index (χ1n) is 8.45. The van der Waals surface area contributed by atoms with Gasteiger partial charge in [-0.3, -0.25) is 14.4 Å². The lowest BCUT2D eigenvalue weighted by Gasteiger charge is -2.35. The van der Waals surface area contributed by atoms with Crippen LogP contribution in [0.3, 0.4) is 0 Å². The molecule has 0 saturated carbocycles. The number of nitrogens with one attached hydrogen (secondary N) is 1. The van der Waals surface area contributed by atoms with E-state index in [2.05, 4.69) is 10.5 Å². The Balaban J connectivity index is 1.36. The van der Waals surface area contributed by atoms with Gasteiger partial charge in [0, 0.05) is 44.6 Å². The van der Waals surface area contributed by atoms with Crippen LogP contribution in [0.2, 0.25) is 0 Å². The highest BCUT2D eigenvalue weighted by atomic mass is 16.7. The summed E-state index contributed by atoms with van der Waals surface area (Å²) in [5.74, 6) is 0.748. The second-order valence-electron chi connectivity index (χ2n) is 6.25. The first kappa shape index (κ1) is 16.4. The molecule has 3 aliphatic rings. The van der Waals surface area contributed by atoms with E-state index < -0.39 is 0 Å². The third kappa shape index (κ3) is 3.07. The number of hydrogen-bond donors (Lipinski definition) is 1. The van der Waals surface area contributed by atoms with Crippen molar-refractivity contribution >= 4 is 23.4 Å². The molecule has 0 aliphatic carbocycles. The zero-order valence-corrected chi connectivity index (χ0v) is 14.1. The molecule has 0 radical (unpaired) electrons. The first-order chi connectivity index (χ1) is 12.6. The summed E-state index contributed by atoms with van der Waals surface area (Å²) in [6, 6.07) is 5.12. The van der Waals surface area contributed by atoms with E-state index >= 15 is 0 Å². The average Bonchev–Trinajstić information content (AvgIpc) is 3.15. The van der Waals surface area contributed by atoms with Crippen molar-refractivity contribution in [3.8, 4) is 11.5 Å². The molecule has 3 amide bonds. The van der Waals surface area contributed by atoms with E-state index in [9.17, 15) is 14.4 Å². The third-order valence-corrected chi connectivity index (χ3v) is 4.62. The average molecular weight is 358 g/mol. The van der Waals surface area contributed by atoms with Crippen molar-refractivity contribution < 1.29 is 23.9 Å². The van der Waals surface area contributed by atoms with Crippen LogP contribution in [0.5, 0.6) is 11.5 Å². The fourth-order valence-electron chi connectivity index (χ4n) is 3.14. The molecule has 4 rings (SSSR count). The van der Waals surface area contributed by atoms with Crippen LogP contribution in [-0.4, -0.2) is 66.2 Å². The predicted molar refractivity (Wildman–Crippen MR) is 89.9 cm³/mol. The topological polar surface area (TPSA) is 101 Å². The standard InChI is InChI=1S/C17H18N4O5/c22-15-4-2-12(18-19-15)17(24)21-7-5-20(6-8-21)16(23)11-1-3-13-14(9-11)26-10-25-13/h1,3,9H,2,4-8,10H2,(H,19,22). The van der Waals surface area contributed by atoms with Crippen molar-refractivity contribution in [2.75, 3.05) is 33.0 Å². The normalized spacial score (nSPS) is 19.1. The second kappa shape index (κ2) is 6.66. The third-order valence-electron chi connectivity index (χ3n) is 4.62. The van der Waals surface area contributed by atoms with Crippen LogP contribution in [0, 0.1) is 0 Å². The number of hydrazone groups is 1. The number of fused-ring (bicyclic) bond motifs is 1. The Morgan fingerprint density at radius 3 is 2.35 bits per heavy atom. The minimum absolute atomic E-state index is 0.0994. The molecule has 9 heteroatoms. The number of hydrogen-bond acceptors (Lipinski definition) is 6. The molecule has 1 N–H and O–H groups in total. The summed E-state index contributed by atoms with van der Waals surface area (Å²) in [4.78, 5) is 39.6. The van der Waals surface area contributed by atoms with Crippen LogP contribution >= 0.6 is 0 Å². The molecule has 1 fully saturated rings. The van der Waals surface area contributed by atoms with Gasteiger partial charge >= 0.3 is 0 Å². The molecule has 0 aromatic heterocycles. The lowest BCUT2D eigenvalue weighted by Crippen LogP contribution is -2.52. The van der Waals surface area contributed by atoms with E-state index in [1.54, 1.807) is 28.0 Å². The van der Waals surface area contributed by atoms with Crippen molar-refractivity contribution in [2.24, 2.45) is 5.10 Å². The minimum atomic E-state index is -0.180. The number of carbonyl (C=O) groups is 3. The van der Waals surface area contributed by atoms with Gasteiger partial charge in [-0.05, 0) is 18.2 Å². The molecule has 1 aromatic rings. The van der Waals surface area contributed by atoms with Gasteiger partial charge in [-0.15, -0.1) is 0 Å². The van der Waals surface area contributed by atoms with Gasteiger partial charge in [0.05, 0.1) is 0 Å². The second-order valence-corrected chi connectivity index (χ2v) is 6.25. The number of piperazine rings is 1. The maximum absolute atomic E-state index is 12.7. The number of rotatable bonds is 2. The Kier molecular flexibility index (Phi) is 4.19. The fourth-order valence-corrected chi connectivity index (χ4v) is 3.14. The molecular weight excluding hydrogens is 340 g/mol. The summed E-state index contributed by atoms with van der Waals surface area (Å²) in [6.07, 6.45) is 0.619. The molecule has 9 nitrogen and oxygen atoms in total. The molecule has 0 unspecified atom stereocenters. The van der Waals surface area contributed by atoms with E-state index in [1.807, 2.05) is 0 Å². The van der Waals surface area contributed by atoms with Crippen molar-refractivity contribution in [2.45, 2.75) is 12.8 Å². The van der Waals surface area contributed by atoms with Gasteiger partial charge in [-0.25, -0.2) is 5.43 Å². The minimum Gasteiger partial charge on any atom is -0.454 e.